The summed E-state index contributed by atoms with van der Waals surface area (Å²) in [6.45, 7) is 4.58. The molecule has 0 aliphatic rings. The second-order valence-corrected chi connectivity index (χ2v) is 5.43. The molecular weight excluding hydrogens is 306 g/mol. The Morgan fingerprint density at radius 2 is 2.00 bits per heavy atom. The molecule has 3 nitrogen and oxygen atoms in total. The number of aliphatic hydroxyl groups excluding tert-OH is 1. The molecule has 0 spiro atoms. The topological polar surface area (TPSA) is 40.5 Å². The third kappa shape index (κ3) is 5.85. The van der Waals surface area contributed by atoms with Crippen LogP contribution in [-0.4, -0.2) is 42.0 Å². The first kappa shape index (κ1) is 16.3. The van der Waals surface area contributed by atoms with Gasteiger partial charge >= 0.3 is 0 Å². The van der Waals surface area contributed by atoms with Crippen LogP contribution in [0.15, 0.2) is 28.7 Å². The molecule has 0 heterocycles. The maximum Gasteiger partial charge on any atom is 0.165 e. The van der Waals surface area contributed by atoms with Gasteiger partial charge in [0, 0.05) is 29.5 Å². The van der Waals surface area contributed by atoms with E-state index < -0.39 is 0 Å². The van der Waals surface area contributed by atoms with Gasteiger partial charge < -0.3 is 10.0 Å². The number of hydrogen-bond donors (Lipinski definition) is 1. The number of ketones is 1. The molecule has 1 N–H and O–H groups in total. The highest BCUT2D eigenvalue weighted by Gasteiger charge is 2.11. The van der Waals surface area contributed by atoms with Crippen molar-refractivity contribution in [3.63, 3.8) is 0 Å². The first-order chi connectivity index (χ1) is 9.19. The summed E-state index contributed by atoms with van der Waals surface area (Å²) < 4.78 is 0.849. The molecule has 0 fully saturated rings. The van der Waals surface area contributed by atoms with E-state index in [2.05, 4.69) is 27.8 Å². The molecule has 1 aromatic carbocycles. The number of carbonyl (C=O) groups excluding carboxylic acids is 1. The van der Waals surface area contributed by atoms with Crippen LogP contribution in [0.1, 0.15) is 36.5 Å². The number of halogens is 1. The van der Waals surface area contributed by atoms with E-state index in [1.807, 2.05) is 24.3 Å². The number of hydrogen-bond acceptors (Lipinski definition) is 3. The molecular formula is C15H22BrNO2. The molecule has 0 radical (unpaired) electrons. The Balaban J connectivity index is 2.49. The van der Waals surface area contributed by atoms with Crippen molar-refractivity contribution >= 4 is 21.7 Å². The molecule has 0 aromatic heterocycles. The average molecular weight is 328 g/mol. The first-order valence-electron chi connectivity index (χ1n) is 6.80. The van der Waals surface area contributed by atoms with Crippen LogP contribution in [0.5, 0.6) is 0 Å². The Kier molecular flexibility index (Phi) is 7.94. The highest BCUT2D eigenvalue weighted by molar-refractivity contribution is 9.10. The standard InChI is InChI=1S/C15H22BrNO2/c1-2-3-9-17(11-12-18)10-8-15(19)13-6-4-5-7-14(13)16/h4-7,18H,2-3,8-12H2,1H3. The summed E-state index contributed by atoms with van der Waals surface area (Å²) in [5.41, 5.74) is 0.738. The summed E-state index contributed by atoms with van der Waals surface area (Å²) in [7, 11) is 0. The quantitative estimate of drug-likeness (QED) is 0.708. The SMILES string of the molecule is CCCCN(CCO)CCC(=O)c1ccccc1Br. The molecule has 1 aromatic rings. The Bertz CT molecular complexity index is 395. The van der Waals surface area contributed by atoms with E-state index in [-0.39, 0.29) is 12.4 Å². The number of nitrogens with zero attached hydrogens (tertiary/aromatic N) is 1. The van der Waals surface area contributed by atoms with Gasteiger partial charge in [0.25, 0.3) is 0 Å². The molecule has 4 heteroatoms. The Hall–Kier alpha value is -0.710. The number of rotatable bonds is 9. The fourth-order valence-electron chi connectivity index (χ4n) is 1.94. The van der Waals surface area contributed by atoms with E-state index in [1.54, 1.807) is 0 Å². The predicted octanol–water partition coefficient (Wildman–Crippen LogP) is 3.12. The summed E-state index contributed by atoms with van der Waals surface area (Å²) in [6, 6.07) is 7.51. The van der Waals surface area contributed by atoms with E-state index in [0.29, 0.717) is 19.5 Å². The first-order valence-corrected chi connectivity index (χ1v) is 7.59. The summed E-state index contributed by atoms with van der Waals surface area (Å²) in [5.74, 6) is 0.145. The van der Waals surface area contributed by atoms with Gasteiger partial charge in [-0.05, 0) is 19.0 Å². The predicted molar refractivity (Wildman–Crippen MR) is 81.5 cm³/mol. The molecule has 1 rings (SSSR count). The lowest BCUT2D eigenvalue weighted by atomic mass is 10.1. The van der Waals surface area contributed by atoms with Crippen LogP contribution in [0.25, 0.3) is 0 Å². The maximum absolute atomic E-state index is 12.1. The minimum absolute atomic E-state index is 0.145. The van der Waals surface area contributed by atoms with Crippen LogP contribution in [0.4, 0.5) is 0 Å². The fourth-order valence-corrected chi connectivity index (χ4v) is 2.45. The van der Waals surface area contributed by atoms with Crippen LogP contribution in [-0.2, 0) is 0 Å². The van der Waals surface area contributed by atoms with Crippen LogP contribution >= 0.6 is 15.9 Å². The number of aliphatic hydroxyl groups is 1. The third-order valence-corrected chi connectivity index (χ3v) is 3.76. The lowest BCUT2D eigenvalue weighted by Crippen LogP contribution is -2.30. The number of unbranched alkanes of at least 4 members (excludes halogenated alkanes) is 1. The normalized spacial score (nSPS) is 10.9. The molecule has 0 aliphatic carbocycles. The van der Waals surface area contributed by atoms with E-state index in [1.165, 1.54) is 0 Å². The van der Waals surface area contributed by atoms with Gasteiger partial charge in [-0.3, -0.25) is 4.79 Å². The van der Waals surface area contributed by atoms with Gasteiger partial charge in [0.15, 0.2) is 5.78 Å². The second-order valence-electron chi connectivity index (χ2n) is 4.57. The van der Waals surface area contributed by atoms with Crippen molar-refractivity contribution in [3.8, 4) is 0 Å². The molecule has 0 aliphatic heterocycles. The minimum atomic E-state index is 0.145. The number of Topliss-reactive ketones (excluding diaryl/α,β-unsaturated/α-hetero) is 1. The van der Waals surface area contributed by atoms with Crippen molar-refractivity contribution in [2.45, 2.75) is 26.2 Å². The van der Waals surface area contributed by atoms with Gasteiger partial charge in [-0.15, -0.1) is 0 Å². The van der Waals surface area contributed by atoms with Crippen molar-refractivity contribution in [2.75, 3.05) is 26.2 Å². The zero-order valence-corrected chi connectivity index (χ0v) is 13.0. The van der Waals surface area contributed by atoms with Crippen LogP contribution in [0.2, 0.25) is 0 Å². The van der Waals surface area contributed by atoms with E-state index >= 15 is 0 Å². The van der Waals surface area contributed by atoms with Gasteiger partial charge in [-0.1, -0.05) is 47.5 Å². The lowest BCUT2D eigenvalue weighted by molar-refractivity contribution is 0.0956. The Morgan fingerprint density at radius 1 is 1.26 bits per heavy atom. The largest absolute Gasteiger partial charge is 0.395 e. The van der Waals surface area contributed by atoms with Gasteiger partial charge in [0.1, 0.15) is 0 Å². The van der Waals surface area contributed by atoms with Crippen molar-refractivity contribution in [2.24, 2.45) is 0 Å². The summed E-state index contributed by atoms with van der Waals surface area (Å²) >= 11 is 3.40. The average Bonchev–Trinajstić information content (AvgIpc) is 2.42. The van der Waals surface area contributed by atoms with E-state index in [0.717, 1.165) is 29.4 Å². The van der Waals surface area contributed by atoms with Crippen molar-refractivity contribution in [3.05, 3.63) is 34.3 Å². The summed E-state index contributed by atoms with van der Waals surface area (Å²) in [6.07, 6.45) is 2.72. The van der Waals surface area contributed by atoms with Crippen LogP contribution in [0, 0.1) is 0 Å². The van der Waals surface area contributed by atoms with E-state index in [9.17, 15) is 4.79 Å². The van der Waals surface area contributed by atoms with Gasteiger partial charge in [0.05, 0.1) is 6.61 Å². The van der Waals surface area contributed by atoms with Gasteiger partial charge in [-0.25, -0.2) is 0 Å². The van der Waals surface area contributed by atoms with Crippen molar-refractivity contribution < 1.29 is 9.90 Å². The second kappa shape index (κ2) is 9.23. The van der Waals surface area contributed by atoms with Gasteiger partial charge in [0.2, 0.25) is 0 Å². The molecule has 19 heavy (non-hydrogen) atoms. The van der Waals surface area contributed by atoms with Crippen LogP contribution in [0.3, 0.4) is 0 Å². The summed E-state index contributed by atoms with van der Waals surface area (Å²) in [5, 5.41) is 9.03. The molecule has 106 valence electrons. The minimum Gasteiger partial charge on any atom is -0.395 e. The highest BCUT2D eigenvalue weighted by atomic mass is 79.9. The maximum atomic E-state index is 12.1. The third-order valence-electron chi connectivity index (χ3n) is 3.07. The smallest absolute Gasteiger partial charge is 0.165 e. The molecule has 0 bridgehead atoms. The lowest BCUT2D eigenvalue weighted by Gasteiger charge is -2.20. The monoisotopic (exact) mass is 327 g/mol. The number of carbonyl (C=O) groups is 1. The molecule has 0 atom stereocenters. The highest BCUT2D eigenvalue weighted by Crippen LogP contribution is 2.17. The zero-order valence-electron chi connectivity index (χ0n) is 11.4. The molecule has 0 unspecified atom stereocenters. The molecule has 0 saturated carbocycles. The zero-order chi connectivity index (χ0) is 14.1. The van der Waals surface area contributed by atoms with E-state index in [4.69, 9.17) is 5.11 Å². The fraction of sp³-hybridized carbons (Fsp3) is 0.533. The Morgan fingerprint density at radius 3 is 2.63 bits per heavy atom. The number of benzene rings is 1. The van der Waals surface area contributed by atoms with Crippen LogP contribution < -0.4 is 0 Å². The van der Waals surface area contributed by atoms with Crippen molar-refractivity contribution in [1.82, 2.24) is 4.90 Å². The summed E-state index contributed by atoms with van der Waals surface area (Å²) in [4.78, 5) is 14.3. The molecule has 0 saturated heterocycles. The van der Waals surface area contributed by atoms with Crippen molar-refractivity contribution in [1.29, 1.82) is 0 Å². The Labute approximate surface area is 123 Å². The van der Waals surface area contributed by atoms with Gasteiger partial charge in [-0.2, -0.15) is 0 Å². The molecule has 0 amide bonds.